The molecule has 1 nitrogen and oxygen atoms in total. The Labute approximate surface area is 120 Å². The van der Waals surface area contributed by atoms with E-state index in [1.165, 1.54) is 18.2 Å². The summed E-state index contributed by atoms with van der Waals surface area (Å²) in [6.07, 6.45) is 0.0975. The van der Waals surface area contributed by atoms with Crippen LogP contribution in [0.25, 0.3) is 0 Å². The fourth-order valence-electron chi connectivity index (χ4n) is 2.24. The third-order valence-corrected chi connectivity index (χ3v) is 3.25. The lowest BCUT2D eigenvalue weighted by Gasteiger charge is -2.19. The van der Waals surface area contributed by atoms with Gasteiger partial charge in [-0.1, -0.05) is 25.1 Å². The van der Waals surface area contributed by atoms with Gasteiger partial charge in [0, 0.05) is 17.7 Å². The molecule has 2 rings (SSSR count). The number of nitrogens with one attached hydrogen (secondary N) is 1. The van der Waals surface area contributed by atoms with Crippen molar-refractivity contribution in [1.29, 1.82) is 0 Å². The van der Waals surface area contributed by atoms with Gasteiger partial charge in [-0.05, 0) is 30.7 Å². The second-order valence-corrected chi connectivity index (χ2v) is 4.69. The van der Waals surface area contributed by atoms with Crippen molar-refractivity contribution in [1.82, 2.24) is 5.32 Å². The molecular weight excluding hydrogens is 282 g/mol. The van der Waals surface area contributed by atoms with E-state index < -0.39 is 29.3 Å². The molecule has 1 N–H and O–H groups in total. The Balaban J connectivity index is 2.33. The number of halogens is 4. The average molecular weight is 297 g/mol. The number of hydrogen-bond acceptors (Lipinski definition) is 1. The van der Waals surface area contributed by atoms with Crippen LogP contribution in [0.5, 0.6) is 0 Å². The fourth-order valence-corrected chi connectivity index (χ4v) is 2.24. The molecule has 0 spiro atoms. The summed E-state index contributed by atoms with van der Waals surface area (Å²) in [5, 5.41) is 2.99. The van der Waals surface area contributed by atoms with Gasteiger partial charge in [0.25, 0.3) is 0 Å². The van der Waals surface area contributed by atoms with E-state index >= 15 is 0 Å². The Bertz CT molecular complexity index is 628. The van der Waals surface area contributed by atoms with Crippen LogP contribution in [0.4, 0.5) is 17.6 Å². The molecule has 0 aromatic heterocycles. The monoisotopic (exact) mass is 297 g/mol. The minimum absolute atomic E-state index is 0.0975. The molecular formula is C16H15F4N. The first-order valence-electron chi connectivity index (χ1n) is 6.64. The number of hydrogen-bond donors (Lipinski definition) is 1. The highest BCUT2D eigenvalue weighted by atomic mass is 19.2. The van der Waals surface area contributed by atoms with Crippen molar-refractivity contribution < 1.29 is 17.6 Å². The predicted molar refractivity (Wildman–Crippen MR) is 72.8 cm³/mol. The van der Waals surface area contributed by atoms with Gasteiger partial charge in [0.2, 0.25) is 0 Å². The van der Waals surface area contributed by atoms with Crippen LogP contribution in [-0.4, -0.2) is 6.54 Å². The zero-order valence-corrected chi connectivity index (χ0v) is 11.5. The molecule has 0 bridgehead atoms. The van der Waals surface area contributed by atoms with Gasteiger partial charge in [-0.15, -0.1) is 0 Å². The van der Waals surface area contributed by atoms with E-state index in [0.29, 0.717) is 6.54 Å². The Kier molecular flexibility index (Phi) is 4.96. The topological polar surface area (TPSA) is 12.0 Å². The van der Waals surface area contributed by atoms with Crippen LogP contribution < -0.4 is 5.32 Å². The van der Waals surface area contributed by atoms with E-state index in [9.17, 15) is 17.6 Å². The Morgan fingerprint density at radius 1 is 1.00 bits per heavy atom. The third-order valence-electron chi connectivity index (χ3n) is 3.25. The molecule has 0 radical (unpaired) electrons. The molecule has 2 aromatic carbocycles. The maximum absolute atomic E-state index is 13.9. The summed E-state index contributed by atoms with van der Waals surface area (Å²) in [6.45, 7) is 2.31. The molecule has 1 atom stereocenters. The molecule has 1 unspecified atom stereocenters. The van der Waals surface area contributed by atoms with E-state index in [-0.39, 0.29) is 17.5 Å². The van der Waals surface area contributed by atoms with Gasteiger partial charge >= 0.3 is 0 Å². The second-order valence-electron chi connectivity index (χ2n) is 4.69. The molecule has 0 saturated carbocycles. The minimum atomic E-state index is -0.953. The van der Waals surface area contributed by atoms with Gasteiger partial charge in [0.1, 0.15) is 11.6 Å². The minimum Gasteiger partial charge on any atom is -0.310 e. The van der Waals surface area contributed by atoms with Crippen molar-refractivity contribution in [2.45, 2.75) is 19.4 Å². The summed E-state index contributed by atoms with van der Waals surface area (Å²) in [5.41, 5.74) is 0.367. The highest BCUT2D eigenvalue weighted by Crippen LogP contribution is 2.24. The molecule has 0 fully saturated rings. The maximum atomic E-state index is 13.9. The van der Waals surface area contributed by atoms with Crippen LogP contribution in [0.15, 0.2) is 36.4 Å². The third kappa shape index (κ3) is 3.61. The number of rotatable bonds is 5. The average Bonchev–Trinajstić information content (AvgIpc) is 2.44. The molecule has 2 aromatic rings. The normalized spacial score (nSPS) is 12.4. The van der Waals surface area contributed by atoms with Crippen molar-refractivity contribution in [3.63, 3.8) is 0 Å². The van der Waals surface area contributed by atoms with Crippen LogP contribution in [0, 0.1) is 23.3 Å². The summed E-state index contributed by atoms with van der Waals surface area (Å²) >= 11 is 0. The summed E-state index contributed by atoms with van der Waals surface area (Å²) in [5.74, 6) is -3.27. The lowest BCUT2D eigenvalue weighted by molar-refractivity contribution is 0.459. The smallest absolute Gasteiger partial charge is 0.163 e. The highest BCUT2D eigenvalue weighted by molar-refractivity contribution is 5.27. The lowest BCUT2D eigenvalue weighted by atomic mass is 9.97. The summed E-state index contributed by atoms with van der Waals surface area (Å²) in [6, 6.07) is 6.52. The van der Waals surface area contributed by atoms with E-state index in [1.54, 1.807) is 0 Å². The van der Waals surface area contributed by atoms with Crippen LogP contribution in [0.2, 0.25) is 0 Å². The molecule has 0 aliphatic heterocycles. The van der Waals surface area contributed by atoms with E-state index in [0.717, 1.165) is 18.2 Å². The maximum Gasteiger partial charge on any atom is 0.163 e. The van der Waals surface area contributed by atoms with Crippen molar-refractivity contribution in [3.05, 3.63) is 70.8 Å². The van der Waals surface area contributed by atoms with Gasteiger partial charge in [-0.3, -0.25) is 0 Å². The molecule has 0 heterocycles. The SMILES string of the molecule is CCNC(Cc1ccc(F)cc1F)c1cccc(F)c1F. The van der Waals surface area contributed by atoms with E-state index in [1.807, 2.05) is 6.92 Å². The fraction of sp³-hybridized carbons (Fsp3) is 0.250. The zero-order valence-electron chi connectivity index (χ0n) is 11.5. The number of benzene rings is 2. The van der Waals surface area contributed by atoms with E-state index in [2.05, 4.69) is 5.32 Å². The molecule has 0 aliphatic carbocycles. The Morgan fingerprint density at radius 2 is 1.76 bits per heavy atom. The summed E-state index contributed by atoms with van der Waals surface area (Å²) < 4.78 is 53.8. The van der Waals surface area contributed by atoms with Crippen molar-refractivity contribution in [3.8, 4) is 0 Å². The molecule has 21 heavy (non-hydrogen) atoms. The number of likely N-dealkylation sites (N-methyl/N-ethyl adjacent to an activating group) is 1. The molecule has 112 valence electrons. The predicted octanol–water partition coefficient (Wildman–Crippen LogP) is 4.14. The van der Waals surface area contributed by atoms with E-state index in [4.69, 9.17) is 0 Å². The largest absolute Gasteiger partial charge is 0.310 e. The van der Waals surface area contributed by atoms with Crippen LogP contribution >= 0.6 is 0 Å². The van der Waals surface area contributed by atoms with Gasteiger partial charge in [0.05, 0.1) is 0 Å². The van der Waals surface area contributed by atoms with Gasteiger partial charge in [-0.2, -0.15) is 0 Å². The first-order valence-corrected chi connectivity index (χ1v) is 6.64. The Morgan fingerprint density at radius 3 is 2.43 bits per heavy atom. The summed E-state index contributed by atoms with van der Waals surface area (Å²) in [4.78, 5) is 0. The highest BCUT2D eigenvalue weighted by Gasteiger charge is 2.19. The zero-order chi connectivity index (χ0) is 15.4. The van der Waals surface area contributed by atoms with Crippen molar-refractivity contribution in [2.75, 3.05) is 6.54 Å². The van der Waals surface area contributed by atoms with Crippen molar-refractivity contribution >= 4 is 0 Å². The van der Waals surface area contributed by atoms with Gasteiger partial charge in [0.15, 0.2) is 11.6 Å². The van der Waals surface area contributed by atoms with Crippen LogP contribution in [0.1, 0.15) is 24.1 Å². The first-order chi connectivity index (χ1) is 10.0. The molecule has 0 saturated heterocycles. The molecule has 0 aliphatic rings. The second kappa shape index (κ2) is 6.72. The molecule has 5 heteroatoms. The molecule has 0 amide bonds. The first kappa shape index (κ1) is 15.5. The lowest BCUT2D eigenvalue weighted by Crippen LogP contribution is -2.24. The van der Waals surface area contributed by atoms with Crippen molar-refractivity contribution in [2.24, 2.45) is 0 Å². The standard InChI is InChI=1S/C16H15F4N/c1-2-21-15(12-4-3-5-13(18)16(12)20)8-10-6-7-11(17)9-14(10)19/h3-7,9,15,21H,2,8H2,1H3. The van der Waals surface area contributed by atoms with Gasteiger partial charge in [-0.25, -0.2) is 17.6 Å². The van der Waals surface area contributed by atoms with Crippen LogP contribution in [-0.2, 0) is 6.42 Å². The Hall–Kier alpha value is -1.88. The van der Waals surface area contributed by atoms with Gasteiger partial charge < -0.3 is 5.32 Å². The van der Waals surface area contributed by atoms with Crippen LogP contribution in [0.3, 0.4) is 0 Å². The quantitative estimate of drug-likeness (QED) is 0.818. The summed E-state index contributed by atoms with van der Waals surface area (Å²) in [7, 11) is 0.